The molecule has 0 aliphatic carbocycles. The Balaban J connectivity index is 2.17. The molecular weight excluding hydrogens is 440 g/mol. The topological polar surface area (TPSA) is 116 Å². The zero-order valence-electron chi connectivity index (χ0n) is 11.2. The first-order valence-corrected chi connectivity index (χ1v) is 7.95. The summed E-state index contributed by atoms with van der Waals surface area (Å²) in [6.07, 6.45) is 0. The highest BCUT2D eigenvalue weighted by Gasteiger charge is 2.29. The van der Waals surface area contributed by atoms with Gasteiger partial charge in [-0.25, -0.2) is 0 Å². The molecule has 0 N–H and O–H groups in total. The number of nitro groups is 2. The van der Waals surface area contributed by atoms with E-state index in [2.05, 4.69) is 31.9 Å². The summed E-state index contributed by atoms with van der Waals surface area (Å²) in [4.78, 5) is 30.9. The maximum Gasteiger partial charge on any atom is 0.433 e. The average molecular weight is 448 g/mol. The summed E-state index contributed by atoms with van der Waals surface area (Å²) in [6, 6.07) is 7.74. The van der Waals surface area contributed by atoms with Crippen molar-refractivity contribution >= 4 is 49.2 Å². The molecule has 0 aliphatic rings. The molecule has 0 amide bonds. The zero-order valence-corrected chi connectivity index (χ0v) is 14.4. The number of Topliss-reactive ketones (excluding diaryl/α,β-unsaturated/α-hetero) is 1. The predicted molar refractivity (Wildman–Crippen MR) is 87.2 cm³/mol. The molecule has 2 aromatic rings. The minimum absolute atomic E-state index is 0.121. The van der Waals surface area contributed by atoms with E-state index in [0.717, 1.165) is 0 Å². The van der Waals surface area contributed by atoms with Crippen LogP contribution in [0.4, 0.5) is 11.6 Å². The first-order valence-electron chi connectivity index (χ1n) is 6.12. The molecule has 120 valence electrons. The van der Waals surface area contributed by atoms with Gasteiger partial charge in [0.05, 0.1) is 20.6 Å². The normalized spacial score (nSPS) is 13.3. The molecule has 0 unspecified atom stereocenters. The number of hydrogen-bond acceptors (Lipinski definition) is 6. The van der Waals surface area contributed by atoms with Gasteiger partial charge in [-0.2, -0.15) is 0 Å². The molecule has 0 saturated carbocycles. The van der Waals surface area contributed by atoms with Gasteiger partial charge in [-0.15, -0.1) is 0 Å². The van der Waals surface area contributed by atoms with Crippen molar-refractivity contribution in [1.82, 2.24) is 0 Å². The molecular formula is C13H8Br2N2O6. The van der Waals surface area contributed by atoms with Crippen LogP contribution in [-0.4, -0.2) is 20.5 Å². The fraction of sp³-hybridized carbons (Fsp3) is 0.154. The first kappa shape index (κ1) is 17.3. The van der Waals surface area contributed by atoms with Crippen molar-refractivity contribution in [1.29, 1.82) is 0 Å². The van der Waals surface area contributed by atoms with E-state index in [4.69, 9.17) is 4.42 Å². The van der Waals surface area contributed by atoms with Gasteiger partial charge in [0.15, 0.2) is 5.78 Å². The van der Waals surface area contributed by atoms with Crippen LogP contribution in [0.5, 0.6) is 0 Å². The van der Waals surface area contributed by atoms with E-state index in [-0.39, 0.29) is 22.8 Å². The van der Waals surface area contributed by atoms with Crippen LogP contribution in [-0.2, 0) is 0 Å². The second-order valence-electron chi connectivity index (χ2n) is 4.40. The highest BCUT2D eigenvalue weighted by Crippen LogP contribution is 2.35. The molecule has 1 heterocycles. The lowest BCUT2D eigenvalue weighted by Gasteiger charge is -2.13. The number of ketones is 1. The summed E-state index contributed by atoms with van der Waals surface area (Å²) in [7, 11) is 0. The molecule has 0 radical (unpaired) electrons. The number of rotatable bonds is 6. The molecule has 0 spiro atoms. The maximum atomic E-state index is 12.4. The average Bonchev–Trinajstić information content (AvgIpc) is 3.03. The molecule has 23 heavy (non-hydrogen) atoms. The van der Waals surface area contributed by atoms with Crippen molar-refractivity contribution in [2.75, 3.05) is 0 Å². The third-order valence-corrected chi connectivity index (χ3v) is 5.57. The van der Waals surface area contributed by atoms with Crippen LogP contribution in [0.3, 0.4) is 0 Å². The van der Waals surface area contributed by atoms with E-state index in [9.17, 15) is 25.0 Å². The van der Waals surface area contributed by atoms with Gasteiger partial charge in [-0.05, 0) is 18.2 Å². The van der Waals surface area contributed by atoms with Crippen molar-refractivity contribution in [3.63, 3.8) is 0 Å². The lowest BCUT2D eigenvalue weighted by Crippen LogP contribution is -2.18. The third kappa shape index (κ3) is 3.82. The second-order valence-corrected chi connectivity index (χ2v) is 6.38. The summed E-state index contributed by atoms with van der Waals surface area (Å²) in [6.45, 7) is 0. The minimum atomic E-state index is -0.769. The number of nitro benzene ring substituents is 1. The summed E-state index contributed by atoms with van der Waals surface area (Å²) in [5.74, 6) is -0.554. The van der Waals surface area contributed by atoms with E-state index in [1.54, 1.807) is 0 Å². The Kier molecular flexibility index (Phi) is 5.26. The van der Waals surface area contributed by atoms with Crippen LogP contribution in [0.15, 0.2) is 40.8 Å². The third-order valence-electron chi connectivity index (χ3n) is 2.93. The van der Waals surface area contributed by atoms with Crippen molar-refractivity contribution in [3.05, 3.63) is 68.0 Å². The molecule has 0 bridgehead atoms. The Morgan fingerprint density at radius 1 is 1.00 bits per heavy atom. The summed E-state index contributed by atoms with van der Waals surface area (Å²) in [5, 5.41) is 21.2. The van der Waals surface area contributed by atoms with Crippen molar-refractivity contribution in [2.24, 2.45) is 0 Å². The van der Waals surface area contributed by atoms with Gasteiger partial charge in [0, 0.05) is 17.7 Å². The summed E-state index contributed by atoms with van der Waals surface area (Å²) < 4.78 is 5.05. The monoisotopic (exact) mass is 446 g/mol. The van der Waals surface area contributed by atoms with Crippen LogP contribution < -0.4 is 0 Å². The van der Waals surface area contributed by atoms with E-state index in [0.29, 0.717) is 0 Å². The fourth-order valence-electron chi connectivity index (χ4n) is 1.77. The van der Waals surface area contributed by atoms with Gasteiger partial charge in [-0.3, -0.25) is 25.0 Å². The number of hydrogen-bond donors (Lipinski definition) is 0. The highest BCUT2D eigenvalue weighted by molar-refractivity contribution is 9.12. The van der Waals surface area contributed by atoms with Crippen LogP contribution >= 0.6 is 31.9 Å². The molecule has 0 fully saturated rings. The standard InChI is InChI=1S/C13H8Br2N2O6/c14-11(9-5-6-10(23-9)17(21)22)12(15)13(18)7-1-3-8(4-2-7)16(19)20/h1-6,11-12H/t11-,12-/m1/s1. The van der Waals surface area contributed by atoms with E-state index in [1.165, 1.54) is 36.4 Å². The van der Waals surface area contributed by atoms with Gasteiger partial charge in [0.2, 0.25) is 0 Å². The van der Waals surface area contributed by atoms with E-state index >= 15 is 0 Å². The number of halogens is 2. The molecule has 0 saturated heterocycles. The van der Waals surface area contributed by atoms with E-state index in [1.807, 2.05) is 0 Å². The number of alkyl halides is 2. The maximum absolute atomic E-state index is 12.4. The number of carbonyl (C=O) groups excluding carboxylic acids is 1. The Morgan fingerprint density at radius 2 is 1.61 bits per heavy atom. The quantitative estimate of drug-likeness (QED) is 0.284. The molecule has 10 heteroatoms. The fourth-order valence-corrected chi connectivity index (χ4v) is 2.78. The number of carbonyl (C=O) groups is 1. The minimum Gasteiger partial charge on any atom is -0.405 e. The van der Waals surface area contributed by atoms with Crippen molar-refractivity contribution < 1.29 is 19.1 Å². The van der Waals surface area contributed by atoms with Crippen LogP contribution in [0.1, 0.15) is 20.9 Å². The van der Waals surface area contributed by atoms with E-state index < -0.39 is 25.4 Å². The van der Waals surface area contributed by atoms with Gasteiger partial charge in [0.1, 0.15) is 10.7 Å². The Labute approximate surface area is 146 Å². The molecule has 2 atom stereocenters. The SMILES string of the molecule is O=C(c1ccc([N+](=O)[O-])cc1)[C@H](Br)[C@H](Br)c1ccc([N+](=O)[O-])o1. The van der Waals surface area contributed by atoms with Crippen molar-refractivity contribution in [2.45, 2.75) is 9.65 Å². The highest BCUT2D eigenvalue weighted by atomic mass is 79.9. The van der Waals surface area contributed by atoms with Crippen molar-refractivity contribution in [3.8, 4) is 0 Å². The Morgan fingerprint density at radius 3 is 2.09 bits per heavy atom. The number of furan rings is 1. The Hall–Kier alpha value is -2.07. The number of non-ortho nitro benzene ring substituents is 1. The number of benzene rings is 1. The van der Waals surface area contributed by atoms with Crippen LogP contribution in [0.2, 0.25) is 0 Å². The number of nitrogens with zero attached hydrogens (tertiary/aromatic N) is 2. The molecule has 8 nitrogen and oxygen atoms in total. The Bertz CT molecular complexity index is 758. The molecule has 1 aromatic heterocycles. The first-order chi connectivity index (χ1) is 10.8. The largest absolute Gasteiger partial charge is 0.433 e. The summed E-state index contributed by atoms with van der Waals surface area (Å²) >= 11 is 6.47. The van der Waals surface area contributed by atoms with Gasteiger partial charge < -0.3 is 4.42 Å². The van der Waals surface area contributed by atoms with Gasteiger partial charge in [-0.1, -0.05) is 31.9 Å². The van der Waals surface area contributed by atoms with Crippen LogP contribution in [0.25, 0.3) is 0 Å². The summed E-state index contributed by atoms with van der Waals surface area (Å²) in [5.41, 5.74) is 0.146. The molecule has 1 aromatic carbocycles. The van der Waals surface area contributed by atoms with Gasteiger partial charge >= 0.3 is 5.88 Å². The molecule has 0 aliphatic heterocycles. The van der Waals surface area contributed by atoms with Crippen LogP contribution in [0, 0.1) is 20.2 Å². The zero-order chi connectivity index (χ0) is 17.1. The second kappa shape index (κ2) is 7.01. The van der Waals surface area contributed by atoms with Gasteiger partial charge in [0.25, 0.3) is 5.69 Å². The predicted octanol–water partition coefficient (Wildman–Crippen LogP) is 4.18. The lowest BCUT2D eigenvalue weighted by molar-refractivity contribution is -0.402. The lowest BCUT2D eigenvalue weighted by atomic mass is 10.1. The smallest absolute Gasteiger partial charge is 0.405 e. The molecule has 2 rings (SSSR count).